The van der Waals surface area contributed by atoms with Crippen LogP contribution in [0, 0.1) is 0 Å². The second-order valence-electron chi connectivity index (χ2n) is 1.24. The summed E-state index contributed by atoms with van der Waals surface area (Å²) in [5.74, 6) is -1.06. The highest BCUT2D eigenvalue weighted by Crippen LogP contribution is 1.84. The third-order valence-corrected chi connectivity index (χ3v) is 0.701. The van der Waals surface area contributed by atoms with Crippen molar-refractivity contribution in [1.82, 2.24) is 9.97 Å². The summed E-state index contributed by atoms with van der Waals surface area (Å²) in [6, 6.07) is 0. The van der Waals surface area contributed by atoms with E-state index < -0.39 is 5.97 Å². The number of carboxylic acid groups (broad SMARTS) is 1. The first-order valence-corrected chi connectivity index (χ1v) is 2.03. The normalized spacial score (nSPS) is 8.00. The molecule has 0 aliphatic rings. The van der Waals surface area contributed by atoms with Crippen molar-refractivity contribution in [1.29, 1.82) is 0 Å². The van der Waals surface area contributed by atoms with E-state index in [1.165, 1.54) is 12.4 Å². The first-order valence-electron chi connectivity index (χ1n) is 2.03. The Kier molecular flexibility index (Phi) is 2.40. The SMILES string of the molecule is O.O=C(O)c1ncc[nH]1. The monoisotopic (exact) mass is 130 g/mol. The van der Waals surface area contributed by atoms with Crippen LogP contribution in [-0.2, 0) is 0 Å². The average molecular weight is 130 g/mol. The molecule has 4 N–H and O–H groups in total. The van der Waals surface area contributed by atoms with Crippen molar-refractivity contribution >= 4 is 5.97 Å². The van der Waals surface area contributed by atoms with Gasteiger partial charge in [0.05, 0.1) is 0 Å². The Hall–Kier alpha value is -1.36. The van der Waals surface area contributed by atoms with Crippen molar-refractivity contribution < 1.29 is 15.4 Å². The number of carboxylic acids is 1. The van der Waals surface area contributed by atoms with Crippen molar-refractivity contribution in [2.75, 3.05) is 0 Å². The lowest BCUT2D eigenvalue weighted by Gasteiger charge is -1.79. The summed E-state index contributed by atoms with van der Waals surface area (Å²) in [4.78, 5) is 15.9. The van der Waals surface area contributed by atoms with Crippen LogP contribution in [0.1, 0.15) is 10.6 Å². The molecule has 0 aromatic carbocycles. The Morgan fingerprint density at radius 3 is 2.67 bits per heavy atom. The number of nitrogens with zero attached hydrogens (tertiary/aromatic N) is 1. The Labute approximate surface area is 50.7 Å². The second-order valence-corrected chi connectivity index (χ2v) is 1.24. The topological polar surface area (TPSA) is 97.5 Å². The Morgan fingerprint density at radius 1 is 1.78 bits per heavy atom. The molecule has 5 heteroatoms. The van der Waals surface area contributed by atoms with Gasteiger partial charge in [-0.2, -0.15) is 0 Å². The minimum Gasteiger partial charge on any atom is -0.475 e. The number of nitrogens with one attached hydrogen (secondary N) is 1. The molecule has 0 amide bonds. The van der Waals surface area contributed by atoms with Gasteiger partial charge in [-0.25, -0.2) is 9.78 Å². The van der Waals surface area contributed by atoms with E-state index in [1.54, 1.807) is 0 Å². The average Bonchev–Trinajstić information content (AvgIpc) is 2.12. The number of imidazole rings is 1. The van der Waals surface area contributed by atoms with E-state index in [4.69, 9.17) is 5.11 Å². The molecule has 0 aliphatic heterocycles. The Bertz CT molecular complexity index is 182. The van der Waals surface area contributed by atoms with E-state index in [0.717, 1.165) is 0 Å². The molecular formula is C4H6N2O3. The molecule has 0 radical (unpaired) electrons. The van der Waals surface area contributed by atoms with Gasteiger partial charge < -0.3 is 15.6 Å². The fourth-order valence-corrected chi connectivity index (χ4v) is 0.382. The first kappa shape index (κ1) is 7.64. The summed E-state index contributed by atoms with van der Waals surface area (Å²) in [7, 11) is 0. The molecular weight excluding hydrogens is 124 g/mol. The molecule has 0 fully saturated rings. The molecule has 5 nitrogen and oxygen atoms in total. The molecule has 0 aliphatic carbocycles. The minimum atomic E-state index is -1.03. The van der Waals surface area contributed by atoms with Gasteiger partial charge in [-0.05, 0) is 0 Å². The smallest absolute Gasteiger partial charge is 0.371 e. The van der Waals surface area contributed by atoms with Gasteiger partial charge in [-0.1, -0.05) is 0 Å². The predicted octanol–water partition coefficient (Wildman–Crippen LogP) is -0.717. The molecule has 50 valence electrons. The van der Waals surface area contributed by atoms with E-state index >= 15 is 0 Å². The molecule has 0 bridgehead atoms. The zero-order chi connectivity index (χ0) is 5.98. The number of aromatic amines is 1. The number of aromatic nitrogens is 2. The van der Waals surface area contributed by atoms with Crippen LogP contribution in [0.25, 0.3) is 0 Å². The summed E-state index contributed by atoms with van der Waals surface area (Å²) in [6.07, 6.45) is 2.85. The van der Waals surface area contributed by atoms with Gasteiger partial charge in [0.15, 0.2) is 0 Å². The highest BCUT2D eigenvalue weighted by molar-refractivity contribution is 5.82. The van der Waals surface area contributed by atoms with E-state index in [1.807, 2.05) is 0 Å². The largest absolute Gasteiger partial charge is 0.475 e. The van der Waals surface area contributed by atoms with Crippen molar-refractivity contribution in [2.24, 2.45) is 0 Å². The molecule has 1 aromatic heterocycles. The lowest BCUT2D eigenvalue weighted by molar-refractivity contribution is 0.0685. The van der Waals surface area contributed by atoms with Crippen LogP contribution in [0.5, 0.6) is 0 Å². The van der Waals surface area contributed by atoms with Crippen molar-refractivity contribution in [3.05, 3.63) is 18.2 Å². The summed E-state index contributed by atoms with van der Waals surface area (Å²) in [5.41, 5.74) is 0. The molecule has 1 aromatic rings. The van der Waals surface area contributed by atoms with Gasteiger partial charge in [0.25, 0.3) is 0 Å². The highest BCUT2D eigenvalue weighted by atomic mass is 16.4. The van der Waals surface area contributed by atoms with Crippen LogP contribution in [-0.4, -0.2) is 26.5 Å². The number of aromatic carboxylic acids is 1. The van der Waals surface area contributed by atoms with E-state index in [9.17, 15) is 4.79 Å². The second kappa shape index (κ2) is 2.83. The minimum absolute atomic E-state index is 0. The number of H-pyrrole nitrogens is 1. The van der Waals surface area contributed by atoms with Crippen LogP contribution in [0.4, 0.5) is 0 Å². The van der Waals surface area contributed by atoms with Gasteiger partial charge >= 0.3 is 5.97 Å². The lowest BCUT2D eigenvalue weighted by atomic mass is 10.7. The standard InChI is InChI=1S/C4H4N2O2.H2O/c7-4(8)3-5-1-2-6-3;/h1-2H,(H,5,6)(H,7,8);1H2. The van der Waals surface area contributed by atoms with Crippen LogP contribution in [0.2, 0.25) is 0 Å². The van der Waals surface area contributed by atoms with Gasteiger partial charge in [0.2, 0.25) is 5.82 Å². The maximum absolute atomic E-state index is 9.97. The van der Waals surface area contributed by atoms with E-state index in [0.29, 0.717) is 0 Å². The van der Waals surface area contributed by atoms with Crippen LogP contribution in [0.15, 0.2) is 12.4 Å². The quantitative estimate of drug-likeness (QED) is 0.525. The molecule has 9 heavy (non-hydrogen) atoms. The van der Waals surface area contributed by atoms with Crippen LogP contribution < -0.4 is 0 Å². The van der Waals surface area contributed by atoms with E-state index in [2.05, 4.69) is 9.97 Å². The first-order chi connectivity index (χ1) is 3.80. The summed E-state index contributed by atoms with van der Waals surface area (Å²) in [5, 5.41) is 8.18. The highest BCUT2D eigenvalue weighted by Gasteiger charge is 2.00. The third kappa shape index (κ3) is 1.54. The fraction of sp³-hybridized carbons (Fsp3) is 0. The van der Waals surface area contributed by atoms with Gasteiger partial charge in [-0.3, -0.25) is 0 Å². The van der Waals surface area contributed by atoms with Gasteiger partial charge in [0, 0.05) is 12.4 Å². The summed E-state index contributed by atoms with van der Waals surface area (Å²) >= 11 is 0. The van der Waals surface area contributed by atoms with Crippen molar-refractivity contribution in [2.45, 2.75) is 0 Å². The number of hydrogen-bond donors (Lipinski definition) is 2. The molecule has 0 atom stereocenters. The van der Waals surface area contributed by atoms with Crippen LogP contribution >= 0.6 is 0 Å². The predicted molar refractivity (Wildman–Crippen MR) is 29.2 cm³/mol. The summed E-state index contributed by atoms with van der Waals surface area (Å²) in [6.45, 7) is 0. The van der Waals surface area contributed by atoms with Gasteiger partial charge in [-0.15, -0.1) is 0 Å². The Balaban J connectivity index is 0.000000640. The van der Waals surface area contributed by atoms with Gasteiger partial charge in [0.1, 0.15) is 0 Å². The summed E-state index contributed by atoms with van der Waals surface area (Å²) < 4.78 is 0. The molecule has 1 heterocycles. The molecule has 0 spiro atoms. The maximum Gasteiger partial charge on any atom is 0.371 e. The molecule has 0 unspecified atom stereocenters. The van der Waals surface area contributed by atoms with Crippen molar-refractivity contribution in [3.63, 3.8) is 0 Å². The molecule has 0 saturated heterocycles. The zero-order valence-corrected chi connectivity index (χ0v) is 4.46. The number of rotatable bonds is 1. The molecule has 0 saturated carbocycles. The number of hydrogen-bond acceptors (Lipinski definition) is 2. The Morgan fingerprint density at radius 2 is 2.44 bits per heavy atom. The lowest BCUT2D eigenvalue weighted by Crippen LogP contribution is -1.97. The van der Waals surface area contributed by atoms with Crippen LogP contribution in [0.3, 0.4) is 0 Å². The molecule has 1 rings (SSSR count). The number of carbonyl (C=O) groups is 1. The van der Waals surface area contributed by atoms with Crippen molar-refractivity contribution in [3.8, 4) is 0 Å². The zero-order valence-electron chi connectivity index (χ0n) is 4.46. The maximum atomic E-state index is 9.97. The fourth-order valence-electron chi connectivity index (χ4n) is 0.382. The third-order valence-electron chi connectivity index (χ3n) is 0.701. The van der Waals surface area contributed by atoms with E-state index in [-0.39, 0.29) is 11.3 Å².